The summed E-state index contributed by atoms with van der Waals surface area (Å²) in [4.78, 5) is 40.7. The molecule has 1 aromatic heterocycles. The lowest BCUT2D eigenvalue weighted by atomic mass is 10.1. The number of carboxylic acid groups (broad SMARTS) is 1. The van der Waals surface area contributed by atoms with Gasteiger partial charge >= 0.3 is 11.9 Å². The Morgan fingerprint density at radius 1 is 1.10 bits per heavy atom. The number of fused-ring (bicyclic) bond motifs is 1. The maximum absolute atomic E-state index is 12.6. The van der Waals surface area contributed by atoms with Gasteiger partial charge in [-0.3, -0.25) is 9.59 Å². The molecule has 29 heavy (non-hydrogen) atoms. The van der Waals surface area contributed by atoms with E-state index in [9.17, 15) is 19.5 Å². The summed E-state index contributed by atoms with van der Waals surface area (Å²) in [5, 5.41) is 10.2. The quantitative estimate of drug-likeness (QED) is 0.514. The molecule has 1 aliphatic heterocycles. The van der Waals surface area contributed by atoms with Gasteiger partial charge in [0.2, 0.25) is 0 Å². The van der Waals surface area contributed by atoms with Crippen LogP contribution >= 0.6 is 0 Å². The van der Waals surface area contributed by atoms with E-state index in [1.54, 1.807) is 30.5 Å². The van der Waals surface area contributed by atoms with Crippen LogP contribution in [0.25, 0.3) is 10.9 Å². The second kappa shape index (κ2) is 7.79. The number of likely N-dealkylation sites (tertiary alicyclic amines) is 1. The van der Waals surface area contributed by atoms with E-state index in [1.807, 2.05) is 24.3 Å². The average Bonchev–Trinajstić information content (AvgIpc) is 3.36. The van der Waals surface area contributed by atoms with Crippen LogP contribution in [0, 0.1) is 0 Å². The molecular formula is C22H20N2O5. The van der Waals surface area contributed by atoms with Crippen molar-refractivity contribution in [3.05, 3.63) is 65.9 Å². The minimum absolute atomic E-state index is 0.124. The van der Waals surface area contributed by atoms with Crippen molar-refractivity contribution in [3.8, 4) is 5.75 Å². The fourth-order valence-electron chi connectivity index (χ4n) is 3.70. The fraction of sp³-hybridized carbons (Fsp3) is 0.227. The molecule has 2 heterocycles. The summed E-state index contributed by atoms with van der Waals surface area (Å²) in [5.74, 6) is -1.38. The highest BCUT2D eigenvalue weighted by atomic mass is 16.5. The normalized spacial score (nSPS) is 16.1. The minimum atomic E-state index is -0.987. The van der Waals surface area contributed by atoms with Crippen molar-refractivity contribution in [2.45, 2.75) is 25.3 Å². The van der Waals surface area contributed by atoms with Crippen LogP contribution in [-0.2, 0) is 16.0 Å². The highest BCUT2D eigenvalue weighted by molar-refractivity contribution is 5.97. The number of H-pyrrole nitrogens is 1. The van der Waals surface area contributed by atoms with Gasteiger partial charge in [0, 0.05) is 29.2 Å². The molecule has 1 saturated heterocycles. The number of carboxylic acids is 1. The van der Waals surface area contributed by atoms with Gasteiger partial charge in [-0.25, -0.2) is 4.79 Å². The number of esters is 1. The molecule has 7 nitrogen and oxygen atoms in total. The third-order valence-electron chi connectivity index (χ3n) is 5.14. The van der Waals surface area contributed by atoms with Crippen molar-refractivity contribution in [1.82, 2.24) is 9.88 Å². The highest BCUT2D eigenvalue weighted by Crippen LogP contribution is 2.22. The van der Waals surface area contributed by atoms with E-state index in [0.717, 1.165) is 16.5 Å². The largest absolute Gasteiger partial charge is 0.480 e. The Morgan fingerprint density at radius 3 is 2.62 bits per heavy atom. The molecule has 2 aromatic carbocycles. The number of benzene rings is 2. The molecule has 4 rings (SSSR count). The summed E-state index contributed by atoms with van der Waals surface area (Å²) in [7, 11) is 0. The number of hydrogen-bond donors (Lipinski definition) is 2. The van der Waals surface area contributed by atoms with Gasteiger partial charge in [-0.15, -0.1) is 0 Å². The van der Waals surface area contributed by atoms with Crippen molar-refractivity contribution in [2.24, 2.45) is 0 Å². The summed E-state index contributed by atoms with van der Waals surface area (Å²) in [6, 6.07) is 13.1. The van der Waals surface area contributed by atoms with Crippen molar-refractivity contribution >= 4 is 28.7 Å². The van der Waals surface area contributed by atoms with E-state index in [1.165, 1.54) is 4.90 Å². The molecule has 1 aliphatic rings. The Morgan fingerprint density at radius 2 is 1.86 bits per heavy atom. The topological polar surface area (TPSA) is 99.7 Å². The summed E-state index contributed by atoms with van der Waals surface area (Å²) in [6.07, 6.45) is 3.05. The molecule has 0 unspecified atom stereocenters. The van der Waals surface area contributed by atoms with Gasteiger partial charge in [-0.05, 0) is 48.7 Å². The molecular weight excluding hydrogens is 372 g/mol. The minimum Gasteiger partial charge on any atom is -0.480 e. The van der Waals surface area contributed by atoms with Crippen LogP contribution in [0.1, 0.15) is 28.8 Å². The zero-order valence-corrected chi connectivity index (χ0v) is 15.6. The third kappa shape index (κ3) is 3.85. The summed E-state index contributed by atoms with van der Waals surface area (Å²) < 4.78 is 5.38. The maximum Gasteiger partial charge on any atom is 0.326 e. The molecule has 3 aromatic rings. The summed E-state index contributed by atoms with van der Waals surface area (Å²) in [6.45, 7) is 0.428. The van der Waals surface area contributed by atoms with Crippen LogP contribution in [0.5, 0.6) is 5.75 Å². The number of carbonyl (C=O) groups excluding carboxylic acids is 2. The zero-order chi connectivity index (χ0) is 20.4. The van der Waals surface area contributed by atoms with Crippen molar-refractivity contribution in [1.29, 1.82) is 0 Å². The average molecular weight is 392 g/mol. The summed E-state index contributed by atoms with van der Waals surface area (Å²) >= 11 is 0. The van der Waals surface area contributed by atoms with Gasteiger partial charge in [0.25, 0.3) is 5.91 Å². The molecule has 0 aliphatic carbocycles. The highest BCUT2D eigenvalue weighted by Gasteiger charge is 2.34. The van der Waals surface area contributed by atoms with E-state index < -0.39 is 18.0 Å². The second-order valence-electron chi connectivity index (χ2n) is 7.03. The molecule has 1 amide bonds. The molecule has 0 bridgehead atoms. The number of para-hydroxylation sites is 1. The lowest BCUT2D eigenvalue weighted by Gasteiger charge is -2.21. The van der Waals surface area contributed by atoms with Crippen LogP contribution < -0.4 is 4.74 Å². The Bertz CT molecular complexity index is 1070. The van der Waals surface area contributed by atoms with Crippen LogP contribution in [0.15, 0.2) is 54.7 Å². The first kappa shape index (κ1) is 18.7. The predicted molar refractivity (Wildman–Crippen MR) is 106 cm³/mol. The molecule has 0 saturated carbocycles. The molecule has 1 atom stereocenters. The van der Waals surface area contributed by atoms with E-state index >= 15 is 0 Å². The number of amides is 1. The van der Waals surface area contributed by atoms with Gasteiger partial charge < -0.3 is 19.7 Å². The monoisotopic (exact) mass is 392 g/mol. The van der Waals surface area contributed by atoms with Crippen molar-refractivity contribution in [2.75, 3.05) is 6.54 Å². The lowest BCUT2D eigenvalue weighted by Crippen LogP contribution is -2.40. The van der Waals surface area contributed by atoms with Gasteiger partial charge in [-0.1, -0.05) is 18.2 Å². The van der Waals surface area contributed by atoms with Gasteiger partial charge in [0.1, 0.15) is 11.8 Å². The van der Waals surface area contributed by atoms with Gasteiger partial charge in [-0.2, -0.15) is 0 Å². The standard InChI is InChI=1S/C22H20N2O5/c25-20(12-15-13-23-18-5-2-1-4-17(15)18)29-16-9-7-14(8-10-16)21(26)24-11-3-6-19(24)22(27)28/h1-2,4-5,7-10,13,19,23H,3,6,11-12H2,(H,27,28)/t19-/m0/s1. The first-order chi connectivity index (χ1) is 14.0. The van der Waals surface area contributed by atoms with Gasteiger partial charge in [0.05, 0.1) is 6.42 Å². The van der Waals surface area contributed by atoms with Crippen LogP contribution in [0.3, 0.4) is 0 Å². The van der Waals surface area contributed by atoms with E-state index in [-0.39, 0.29) is 12.3 Å². The molecule has 0 radical (unpaired) electrons. The Kier molecular flexibility index (Phi) is 5.03. The number of aromatic nitrogens is 1. The molecule has 2 N–H and O–H groups in total. The molecule has 0 spiro atoms. The van der Waals surface area contributed by atoms with E-state index in [4.69, 9.17) is 4.74 Å². The summed E-state index contributed by atoms with van der Waals surface area (Å²) in [5.41, 5.74) is 2.18. The van der Waals surface area contributed by atoms with Crippen LogP contribution in [-0.4, -0.2) is 45.4 Å². The lowest BCUT2D eigenvalue weighted by molar-refractivity contribution is -0.141. The molecule has 1 fully saturated rings. The Labute approximate surface area is 166 Å². The number of aliphatic carboxylic acids is 1. The van der Waals surface area contributed by atoms with Crippen molar-refractivity contribution < 1.29 is 24.2 Å². The van der Waals surface area contributed by atoms with Gasteiger partial charge in [0.15, 0.2) is 0 Å². The second-order valence-corrected chi connectivity index (χ2v) is 7.03. The molecule has 7 heteroatoms. The zero-order valence-electron chi connectivity index (χ0n) is 15.6. The van der Waals surface area contributed by atoms with Crippen molar-refractivity contribution in [3.63, 3.8) is 0 Å². The predicted octanol–water partition coefficient (Wildman–Crippen LogP) is 3.01. The number of carbonyl (C=O) groups is 3. The number of nitrogens with one attached hydrogen (secondary N) is 1. The fourth-order valence-corrected chi connectivity index (χ4v) is 3.70. The van der Waals surface area contributed by atoms with E-state index in [2.05, 4.69) is 4.98 Å². The number of hydrogen-bond acceptors (Lipinski definition) is 4. The third-order valence-corrected chi connectivity index (χ3v) is 5.14. The van der Waals surface area contributed by atoms with E-state index in [0.29, 0.717) is 30.7 Å². The molecule has 148 valence electrons. The Hall–Kier alpha value is -3.61. The number of aromatic amines is 1. The SMILES string of the molecule is O=C(Cc1c[nH]c2ccccc12)Oc1ccc(C(=O)N2CCC[C@H]2C(=O)O)cc1. The first-order valence-corrected chi connectivity index (χ1v) is 9.42. The van der Waals surface area contributed by atoms with Crippen LogP contribution in [0.4, 0.5) is 0 Å². The maximum atomic E-state index is 12.6. The number of ether oxygens (including phenoxy) is 1. The number of nitrogens with zero attached hydrogens (tertiary/aromatic N) is 1. The Balaban J connectivity index is 1.41. The number of rotatable bonds is 5. The first-order valence-electron chi connectivity index (χ1n) is 9.42. The van der Waals surface area contributed by atoms with Crippen LogP contribution in [0.2, 0.25) is 0 Å². The smallest absolute Gasteiger partial charge is 0.326 e.